The maximum Gasteiger partial charge on any atom is 0.0159 e. The zero-order valence-corrected chi connectivity index (χ0v) is 10.1. The Bertz CT molecular complexity index is 231. The van der Waals surface area contributed by atoms with Crippen molar-refractivity contribution < 1.29 is 0 Å². The van der Waals surface area contributed by atoms with Gasteiger partial charge in [0.15, 0.2) is 0 Å². The molecule has 2 aliphatic carbocycles. The molecule has 0 aliphatic heterocycles. The van der Waals surface area contributed by atoms with Crippen LogP contribution >= 0.6 is 0 Å². The molecule has 0 aromatic carbocycles. The fourth-order valence-electron chi connectivity index (χ4n) is 3.78. The number of nitrogens with two attached hydrogens (primary N) is 1. The minimum atomic E-state index is 0.417. The van der Waals surface area contributed by atoms with Gasteiger partial charge in [-0.3, -0.25) is 0 Å². The van der Waals surface area contributed by atoms with Crippen molar-refractivity contribution >= 4 is 0 Å². The maximum atomic E-state index is 6.27. The van der Waals surface area contributed by atoms with Gasteiger partial charge in [-0.1, -0.05) is 40.5 Å². The van der Waals surface area contributed by atoms with E-state index in [1.807, 2.05) is 0 Å². The predicted molar refractivity (Wildman–Crippen MR) is 61.0 cm³/mol. The van der Waals surface area contributed by atoms with E-state index in [4.69, 9.17) is 5.73 Å². The molecule has 0 aromatic heterocycles. The Hall–Kier alpha value is -0.0400. The smallest absolute Gasteiger partial charge is 0.0159 e. The van der Waals surface area contributed by atoms with Gasteiger partial charge >= 0.3 is 0 Å². The molecule has 14 heavy (non-hydrogen) atoms. The highest BCUT2D eigenvalue weighted by atomic mass is 14.9. The van der Waals surface area contributed by atoms with Crippen molar-refractivity contribution in [3.05, 3.63) is 0 Å². The summed E-state index contributed by atoms with van der Waals surface area (Å²) in [6.45, 7) is 9.45. The third-order valence-corrected chi connectivity index (χ3v) is 5.34. The molecule has 0 radical (unpaired) electrons. The van der Waals surface area contributed by atoms with Gasteiger partial charge in [0, 0.05) is 6.04 Å². The Morgan fingerprint density at radius 3 is 2.29 bits per heavy atom. The van der Waals surface area contributed by atoms with E-state index in [1.54, 1.807) is 0 Å². The molecule has 0 bridgehead atoms. The van der Waals surface area contributed by atoms with Crippen molar-refractivity contribution in [2.75, 3.05) is 0 Å². The van der Waals surface area contributed by atoms with Gasteiger partial charge in [0.25, 0.3) is 0 Å². The largest absolute Gasteiger partial charge is 0.327 e. The molecule has 2 fully saturated rings. The summed E-state index contributed by atoms with van der Waals surface area (Å²) in [5.41, 5.74) is 7.20. The van der Waals surface area contributed by atoms with Crippen LogP contribution in [0.3, 0.4) is 0 Å². The van der Waals surface area contributed by atoms with Crippen LogP contribution in [-0.2, 0) is 0 Å². The molecular formula is C13H25N. The van der Waals surface area contributed by atoms with Crippen molar-refractivity contribution in [2.45, 2.75) is 59.4 Å². The topological polar surface area (TPSA) is 26.0 Å². The second kappa shape index (κ2) is 2.98. The van der Waals surface area contributed by atoms with Gasteiger partial charge in [0.05, 0.1) is 0 Å². The van der Waals surface area contributed by atoms with E-state index in [-0.39, 0.29) is 0 Å². The molecule has 2 aliphatic rings. The van der Waals surface area contributed by atoms with Crippen molar-refractivity contribution in [2.24, 2.45) is 28.4 Å². The van der Waals surface area contributed by atoms with Gasteiger partial charge in [-0.05, 0) is 35.5 Å². The molecule has 1 nitrogen and oxygen atoms in total. The standard InChI is InChI=1S/C13H25N/c1-9(2)10-6-5-7-13(8-10)11(14)12(13,3)4/h9-11H,5-8,14H2,1-4H3. The summed E-state index contributed by atoms with van der Waals surface area (Å²) in [6.07, 6.45) is 5.60. The molecule has 0 aromatic rings. The Balaban J connectivity index is 2.10. The Labute approximate surface area is 88.4 Å². The highest BCUT2D eigenvalue weighted by Crippen LogP contribution is 2.69. The van der Waals surface area contributed by atoms with Crippen LogP contribution in [0.5, 0.6) is 0 Å². The Morgan fingerprint density at radius 2 is 1.86 bits per heavy atom. The molecule has 0 saturated heterocycles. The lowest BCUT2D eigenvalue weighted by Crippen LogP contribution is -2.26. The van der Waals surface area contributed by atoms with Crippen molar-refractivity contribution in [1.29, 1.82) is 0 Å². The molecule has 2 rings (SSSR count). The van der Waals surface area contributed by atoms with Gasteiger partial charge in [0.1, 0.15) is 0 Å². The lowest BCUT2D eigenvalue weighted by molar-refractivity contribution is 0.166. The molecule has 3 unspecified atom stereocenters. The van der Waals surface area contributed by atoms with E-state index in [0.717, 1.165) is 11.8 Å². The molecule has 1 heteroatoms. The van der Waals surface area contributed by atoms with E-state index in [2.05, 4.69) is 27.7 Å². The zero-order chi connectivity index (χ0) is 10.6. The number of hydrogen-bond donors (Lipinski definition) is 1. The van der Waals surface area contributed by atoms with Gasteiger partial charge in [-0.15, -0.1) is 0 Å². The summed E-state index contributed by atoms with van der Waals surface area (Å²) >= 11 is 0. The quantitative estimate of drug-likeness (QED) is 0.683. The van der Waals surface area contributed by atoms with Crippen LogP contribution in [0.4, 0.5) is 0 Å². The average Bonchev–Trinajstić information content (AvgIpc) is 2.52. The minimum Gasteiger partial charge on any atom is -0.327 e. The first-order valence-corrected chi connectivity index (χ1v) is 6.17. The summed E-state index contributed by atoms with van der Waals surface area (Å²) < 4.78 is 0. The summed E-state index contributed by atoms with van der Waals surface area (Å²) in [4.78, 5) is 0. The van der Waals surface area contributed by atoms with E-state index >= 15 is 0 Å². The van der Waals surface area contributed by atoms with Gasteiger partial charge in [-0.2, -0.15) is 0 Å². The van der Waals surface area contributed by atoms with E-state index < -0.39 is 0 Å². The van der Waals surface area contributed by atoms with Gasteiger partial charge in [0.2, 0.25) is 0 Å². The van der Waals surface area contributed by atoms with Gasteiger partial charge in [-0.25, -0.2) is 0 Å². The van der Waals surface area contributed by atoms with Crippen molar-refractivity contribution in [3.8, 4) is 0 Å². The molecule has 0 amide bonds. The number of rotatable bonds is 1. The number of hydrogen-bond acceptors (Lipinski definition) is 1. The second-order valence-corrected chi connectivity index (χ2v) is 6.46. The van der Waals surface area contributed by atoms with Crippen LogP contribution in [-0.4, -0.2) is 6.04 Å². The third-order valence-electron chi connectivity index (χ3n) is 5.34. The van der Waals surface area contributed by atoms with Crippen LogP contribution in [0.15, 0.2) is 0 Å². The van der Waals surface area contributed by atoms with Crippen LogP contribution in [0.1, 0.15) is 53.4 Å². The highest BCUT2D eigenvalue weighted by Gasteiger charge is 2.69. The summed E-state index contributed by atoms with van der Waals surface area (Å²) in [6, 6.07) is 0.469. The van der Waals surface area contributed by atoms with Crippen molar-refractivity contribution in [3.63, 3.8) is 0 Å². The molecule has 1 spiro atoms. The maximum absolute atomic E-state index is 6.27. The van der Waals surface area contributed by atoms with Crippen LogP contribution < -0.4 is 5.73 Å². The Morgan fingerprint density at radius 1 is 1.29 bits per heavy atom. The van der Waals surface area contributed by atoms with Crippen LogP contribution in [0.2, 0.25) is 0 Å². The van der Waals surface area contributed by atoms with Crippen LogP contribution in [0.25, 0.3) is 0 Å². The normalized spacial score (nSPS) is 45.9. The predicted octanol–water partition coefficient (Wildman–Crippen LogP) is 3.19. The molecular weight excluding hydrogens is 170 g/mol. The lowest BCUT2D eigenvalue weighted by Gasteiger charge is -2.34. The average molecular weight is 195 g/mol. The summed E-state index contributed by atoms with van der Waals surface area (Å²) in [5.74, 6) is 1.77. The fraction of sp³-hybridized carbons (Fsp3) is 1.00. The monoisotopic (exact) mass is 195 g/mol. The van der Waals surface area contributed by atoms with Crippen LogP contribution in [0, 0.1) is 22.7 Å². The van der Waals surface area contributed by atoms with Crippen molar-refractivity contribution in [1.82, 2.24) is 0 Å². The third kappa shape index (κ3) is 1.18. The van der Waals surface area contributed by atoms with Gasteiger partial charge < -0.3 is 5.73 Å². The Kier molecular flexibility index (Phi) is 2.23. The first kappa shape index (κ1) is 10.5. The molecule has 2 N–H and O–H groups in total. The zero-order valence-electron chi connectivity index (χ0n) is 10.1. The summed E-state index contributed by atoms with van der Waals surface area (Å²) in [5, 5.41) is 0. The van der Waals surface area contributed by atoms with E-state index in [0.29, 0.717) is 16.9 Å². The SMILES string of the molecule is CC(C)C1CCCC2(C1)C(N)C2(C)C. The first-order chi connectivity index (χ1) is 6.42. The van der Waals surface area contributed by atoms with E-state index in [1.165, 1.54) is 25.7 Å². The molecule has 2 saturated carbocycles. The molecule has 82 valence electrons. The fourth-order valence-corrected chi connectivity index (χ4v) is 3.78. The summed E-state index contributed by atoms with van der Waals surface area (Å²) in [7, 11) is 0. The van der Waals surface area contributed by atoms with E-state index in [9.17, 15) is 0 Å². The molecule has 3 atom stereocenters. The first-order valence-electron chi connectivity index (χ1n) is 6.17. The lowest BCUT2D eigenvalue weighted by atomic mass is 9.71. The second-order valence-electron chi connectivity index (χ2n) is 6.46. The molecule has 0 heterocycles. The highest BCUT2D eigenvalue weighted by molar-refractivity contribution is 5.22. The minimum absolute atomic E-state index is 0.417.